The van der Waals surface area contributed by atoms with Crippen molar-refractivity contribution in [1.29, 1.82) is 0 Å². The third-order valence-corrected chi connectivity index (χ3v) is 8.39. The van der Waals surface area contributed by atoms with E-state index in [9.17, 15) is 19.5 Å². The molecule has 2 aromatic carbocycles. The molecule has 0 aromatic heterocycles. The molecule has 0 spiro atoms. The Balaban J connectivity index is 1.37. The summed E-state index contributed by atoms with van der Waals surface area (Å²) in [5.74, 6) is -0.967. The van der Waals surface area contributed by atoms with Crippen molar-refractivity contribution in [3.63, 3.8) is 0 Å². The number of rotatable bonds is 7. The van der Waals surface area contributed by atoms with Crippen LogP contribution < -0.4 is 4.74 Å². The predicted octanol–water partition coefficient (Wildman–Crippen LogP) is 3.87. The summed E-state index contributed by atoms with van der Waals surface area (Å²) < 4.78 is 5.28. The summed E-state index contributed by atoms with van der Waals surface area (Å²) in [5.41, 5.74) is 4.12. The first kappa shape index (κ1) is 26.0. The molecule has 3 aliphatic rings. The molecule has 0 saturated carbocycles. The predicted molar refractivity (Wildman–Crippen MR) is 145 cm³/mol. The molecule has 0 radical (unpaired) electrons. The molecule has 0 unspecified atom stereocenters. The second kappa shape index (κ2) is 11.0. The fourth-order valence-electron chi connectivity index (χ4n) is 5.08. The standard InChI is InChI=1S/C28H30N4O5S/c1-3-17-6-8-19(9-7-17)23-15-21(18-10-12-20(37-2)13-11-18)30-32(23)28-29-26(34)24(38-28)16-25(33)31-14-4-5-22(31)27(35)36/h6-13,22-24H,3-5,14-16H2,1-2H3,(H,35,36)/t22-,23-,24-/m0/s1. The van der Waals surface area contributed by atoms with Gasteiger partial charge in [0.25, 0.3) is 5.91 Å². The Labute approximate surface area is 225 Å². The van der Waals surface area contributed by atoms with Gasteiger partial charge in [0.2, 0.25) is 5.91 Å². The maximum Gasteiger partial charge on any atom is 0.326 e. The van der Waals surface area contributed by atoms with Crippen LogP contribution in [0.3, 0.4) is 0 Å². The summed E-state index contributed by atoms with van der Waals surface area (Å²) in [4.78, 5) is 43.0. The minimum atomic E-state index is -1.01. The summed E-state index contributed by atoms with van der Waals surface area (Å²) >= 11 is 1.23. The number of ether oxygens (including phenoxy) is 1. The van der Waals surface area contributed by atoms with Crippen LogP contribution in [-0.4, -0.2) is 68.6 Å². The van der Waals surface area contributed by atoms with E-state index in [1.54, 1.807) is 12.1 Å². The molecule has 1 N–H and O–H groups in total. The van der Waals surface area contributed by atoms with Crippen molar-refractivity contribution in [3.8, 4) is 5.75 Å². The number of aliphatic imine (C=N–C) groups is 1. The number of aliphatic carboxylic acids is 1. The van der Waals surface area contributed by atoms with Gasteiger partial charge in [-0.05, 0) is 60.2 Å². The van der Waals surface area contributed by atoms with Crippen molar-refractivity contribution >= 4 is 40.4 Å². The van der Waals surface area contributed by atoms with Crippen LogP contribution in [0.15, 0.2) is 58.6 Å². The number of carbonyl (C=O) groups excluding carboxylic acids is 2. The lowest BCUT2D eigenvalue weighted by Gasteiger charge is -2.24. The second-order valence-electron chi connectivity index (χ2n) is 9.56. The van der Waals surface area contributed by atoms with Gasteiger partial charge in [-0.1, -0.05) is 43.0 Å². The normalized spacial score (nSPS) is 23.0. The Morgan fingerprint density at radius 3 is 2.53 bits per heavy atom. The van der Waals surface area contributed by atoms with Crippen LogP contribution in [0.2, 0.25) is 0 Å². The number of hydrogen-bond donors (Lipinski definition) is 1. The van der Waals surface area contributed by atoms with Crippen LogP contribution in [0.25, 0.3) is 0 Å². The monoisotopic (exact) mass is 534 g/mol. The molecule has 38 heavy (non-hydrogen) atoms. The Bertz CT molecular complexity index is 1290. The Morgan fingerprint density at radius 2 is 1.87 bits per heavy atom. The third kappa shape index (κ3) is 5.18. The topological polar surface area (TPSA) is 112 Å². The highest BCUT2D eigenvalue weighted by atomic mass is 32.2. The molecule has 5 rings (SSSR count). The molecule has 2 aromatic rings. The van der Waals surface area contributed by atoms with Crippen molar-refractivity contribution in [2.75, 3.05) is 13.7 Å². The lowest BCUT2D eigenvalue weighted by atomic mass is 9.97. The molecule has 1 fully saturated rings. The molecular formula is C28H30N4O5S. The largest absolute Gasteiger partial charge is 0.497 e. The lowest BCUT2D eigenvalue weighted by Crippen LogP contribution is -2.41. The quantitative estimate of drug-likeness (QED) is 0.574. The van der Waals surface area contributed by atoms with E-state index in [1.807, 2.05) is 24.3 Å². The van der Waals surface area contributed by atoms with Gasteiger partial charge in [-0.25, -0.2) is 9.80 Å². The van der Waals surface area contributed by atoms with Crippen molar-refractivity contribution in [3.05, 3.63) is 65.2 Å². The number of aryl methyl sites for hydroxylation is 1. The molecule has 3 aliphatic heterocycles. The fourth-order valence-corrected chi connectivity index (χ4v) is 6.13. The fraction of sp³-hybridized carbons (Fsp3) is 0.393. The van der Waals surface area contributed by atoms with Crippen molar-refractivity contribution in [2.24, 2.45) is 10.1 Å². The zero-order chi connectivity index (χ0) is 26.8. The average molecular weight is 535 g/mol. The minimum Gasteiger partial charge on any atom is -0.497 e. The van der Waals surface area contributed by atoms with E-state index >= 15 is 0 Å². The third-order valence-electron chi connectivity index (χ3n) is 7.25. The van der Waals surface area contributed by atoms with E-state index in [-0.39, 0.29) is 18.4 Å². The first-order valence-electron chi connectivity index (χ1n) is 12.8. The van der Waals surface area contributed by atoms with Crippen LogP contribution in [0, 0.1) is 0 Å². The molecule has 1 saturated heterocycles. The highest BCUT2D eigenvalue weighted by molar-refractivity contribution is 8.15. The molecule has 0 bridgehead atoms. The van der Waals surface area contributed by atoms with Crippen LogP contribution in [0.4, 0.5) is 0 Å². The molecule has 0 aliphatic carbocycles. The lowest BCUT2D eigenvalue weighted by molar-refractivity contribution is -0.148. The SMILES string of the molecule is CCc1ccc([C@@H]2CC(c3ccc(OC)cc3)=NN2C2=NC(=O)[C@H](CC(=O)N3CCC[C@H]3C(=O)O)S2)cc1. The highest BCUT2D eigenvalue weighted by Crippen LogP contribution is 2.39. The molecule has 3 atom stereocenters. The number of methoxy groups -OCH3 is 1. The molecule has 9 nitrogen and oxygen atoms in total. The Hall–Kier alpha value is -3.66. The van der Waals surface area contributed by atoms with Gasteiger partial charge in [-0.2, -0.15) is 10.1 Å². The highest BCUT2D eigenvalue weighted by Gasteiger charge is 2.41. The van der Waals surface area contributed by atoms with E-state index < -0.39 is 23.2 Å². The van der Waals surface area contributed by atoms with E-state index in [1.165, 1.54) is 22.2 Å². The van der Waals surface area contributed by atoms with Crippen LogP contribution in [-0.2, 0) is 20.8 Å². The summed E-state index contributed by atoms with van der Waals surface area (Å²) in [6.07, 6.45) is 2.56. The zero-order valence-corrected chi connectivity index (χ0v) is 22.2. The number of hydrogen-bond acceptors (Lipinski definition) is 7. The van der Waals surface area contributed by atoms with Gasteiger partial charge in [0.15, 0.2) is 5.17 Å². The minimum absolute atomic E-state index is 0.0843. The smallest absolute Gasteiger partial charge is 0.326 e. The average Bonchev–Trinajstić information content (AvgIpc) is 3.68. The number of benzene rings is 2. The van der Waals surface area contributed by atoms with Gasteiger partial charge >= 0.3 is 5.97 Å². The van der Waals surface area contributed by atoms with E-state index in [0.29, 0.717) is 31.0 Å². The van der Waals surface area contributed by atoms with Gasteiger partial charge in [0, 0.05) is 19.4 Å². The number of likely N-dealkylation sites (tertiary alicyclic amines) is 1. The van der Waals surface area contributed by atoms with Crippen molar-refractivity contribution in [2.45, 2.75) is 56.4 Å². The first-order valence-corrected chi connectivity index (χ1v) is 13.7. The molecule has 3 heterocycles. The molecular weight excluding hydrogens is 504 g/mol. The molecule has 198 valence electrons. The molecule has 2 amide bonds. The van der Waals surface area contributed by atoms with Gasteiger partial charge in [-0.3, -0.25) is 9.59 Å². The van der Waals surface area contributed by atoms with E-state index in [4.69, 9.17) is 9.84 Å². The Morgan fingerprint density at radius 1 is 1.13 bits per heavy atom. The number of amides is 2. The van der Waals surface area contributed by atoms with Gasteiger partial charge in [0.05, 0.1) is 18.9 Å². The number of carboxylic acid groups (broad SMARTS) is 1. The van der Waals surface area contributed by atoms with E-state index in [2.05, 4.69) is 36.2 Å². The number of hydrazone groups is 1. The number of carboxylic acids is 1. The van der Waals surface area contributed by atoms with Gasteiger partial charge in [-0.15, -0.1) is 0 Å². The van der Waals surface area contributed by atoms with Crippen LogP contribution >= 0.6 is 11.8 Å². The summed E-state index contributed by atoms with van der Waals surface area (Å²) in [7, 11) is 1.62. The number of nitrogens with zero attached hydrogens (tertiary/aromatic N) is 4. The zero-order valence-electron chi connectivity index (χ0n) is 21.4. The number of carbonyl (C=O) groups is 3. The molecule has 10 heteroatoms. The maximum atomic E-state index is 12.9. The number of amidine groups is 1. The summed E-state index contributed by atoms with van der Waals surface area (Å²) in [6.45, 7) is 2.51. The van der Waals surface area contributed by atoms with Crippen LogP contribution in [0.1, 0.15) is 55.3 Å². The summed E-state index contributed by atoms with van der Waals surface area (Å²) in [5, 5.41) is 15.9. The van der Waals surface area contributed by atoms with E-state index in [0.717, 1.165) is 29.0 Å². The van der Waals surface area contributed by atoms with Crippen molar-refractivity contribution in [1.82, 2.24) is 9.91 Å². The first-order chi connectivity index (χ1) is 18.4. The van der Waals surface area contributed by atoms with Crippen molar-refractivity contribution < 1.29 is 24.2 Å². The second-order valence-corrected chi connectivity index (χ2v) is 10.7. The number of thioether (sulfide) groups is 1. The van der Waals surface area contributed by atoms with Gasteiger partial charge in [0.1, 0.15) is 17.0 Å². The van der Waals surface area contributed by atoms with Gasteiger partial charge < -0.3 is 14.7 Å². The maximum absolute atomic E-state index is 12.9. The summed E-state index contributed by atoms with van der Waals surface area (Å²) in [6, 6.07) is 15.1. The Kier molecular flexibility index (Phi) is 7.51. The van der Waals surface area contributed by atoms with Crippen LogP contribution in [0.5, 0.6) is 5.75 Å².